The second kappa shape index (κ2) is 5.41. The van der Waals surface area contributed by atoms with Gasteiger partial charge in [0.25, 0.3) is 0 Å². The maximum Gasteiger partial charge on any atom is 0.0312 e. The first-order valence-electron chi connectivity index (χ1n) is 6.12. The number of pyridine rings is 1. The zero-order valence-electron chi connectivity index (χ0n) is 10.2. The van der Waals surface area contributed by atoms with E-state index in [1.54, 1.807) is 0 Å². The molecule has 1 aromatic heterocycles. The number of hydrogen-bond acceptors (Lipinski definition) is 3. The summed E-state index contributed by atoms with van der Waals surface area (Å²) in [6.45, 7) is 7.84. The Kier molecular flexibility index (Phi) is 3.91. The highest BCUT2D eigenvalue weighted by Crippen LogP contribution is 2.12. The van der Waals surface area contributed by atoms with E-state index in [-0.39, 0.29) is 0 Å². The fourth-order valence-corrected chi connectivity index (χ4v) is 2.26. The molecule has 2 atom stereocenters. The van der Waals surface area contributed by atoms with Crippen molar-refractivity contribution >= 4 is 0 Å². The Bertz CT molecular complexity index is 312. The Labute approximate surface area is 97.9 Å². The van der Waals surface area contributed by atoms with Crippen LogP contribution in [0.3, 0.4) is 0 Å². The van der Waals surface area contributed by atoms with E-state index in [9.17, 15) is 0 Å². The van der Waals surface area contributed by atoms with Gasteiger partial charge < -0.3 is 5.32 Å². The second-order valence-electron chi connectivity index (χ2n) is 4.78. The number of nitrogens with one attached hydrogen (secondary N) is 1. The number of hydrogen-bond donors (Lipinski definition) is 1. The van der Waals surface area contributed by atoms with Crippen molar-refractivity contribution in [3.8, 4) is 0 Å². The van der Waals surface area contributed by atoms with Crippen LogP contribution in [0.2, 0.25) is 0 Å². The molecule has 1 aliphatic rings. The van der Waals surface area contributed by atoms with Gasteiger partial charge in [0.1, 0.15) is 0 Å². The van der Waals surface area contributed by atoms with E-state index in [4.69, 9.17) is 0 Å². The zero-order chi connectivity index (χ0) is 11.4. The van der Waals surface area contributed by atoms with Crippen LogP contribution in [-0.4, -0.2) is 35.1 Å². The molecule has 1 aliphatic heterocycles. The van der Waals surface area contributed by atoms with Crippen LogP contribution in [0.4, 0.5) is 0 Å². The molecule has 1 saturated heterocycles. The second-order valence-corrected chi connectivity index (χ2v) is 4.78. The molecule has 16 heavy (non-hydrogen) atoms. The lowest BCUT2D eigenvalue weighted by Crippen LogP contribution is -2.37. The molecule has 3 heteroatoms. The highest BCUT2D eigenvalue weighted by atomic mass is 15.2. The first kappa shape index (κ1) is 11.6. The van der Waals surface area contributed by atoms with Crippen molar-refractivity contribution in [3.63, 3.8) is 0 Å². The third-order valence-corrected chi connectivity index (χ3v) is 3.30. The summed E-state index contributed by atoms with van der Waals surface area (Å²) in [4.78, 5) is 6.72. The Hall–Kier alpha value is -0.930. The first-order valence-corrected chi connectivity index (χ1v) is 6.12. The topological polar surface area (TPSA) is 28.2 Å². The van der Waals surface area contributed by atoms with Crippen molar-refractivity contribution in [2.45, 2.75) is 38.9 Å². The van der Waals surface area contributed by atoms with Gasteiger partial charge in [-0.1, -0.05) is 6.07 Å². The summed E-state index contributed by atoms with van der Waals surface area (Å²) in [5, 5.41) is 3.53. The molecule has 0 aliphatic carbocycles. The van der Waals surface area contributed by atoms with Crippen molar-refractivity contribution in [3.05, 3.63) is 30.1 Å². The Morgan fingerprint density at radius 3 is 3.12 bits per heavy atom. The lowest BCUT2D eigenvalue weighted by Gasteiger charge is -2.27. The van der Waals surface area contributed by atoms with Crippen LogP contribution >= 0.6 is 0 Å². The minimum Gasteiger partial charge on any atom is -0.313 e. The first-order chi connectivity index (χ1) is 7.75. The van der Waals surface area contributed by atoms with Gasteiger partial charge in [0.2, 0.25) is 0 Å². The summed E-state index contributed by atoms with van der Waals surface area (Å²) in [6.07, 6.45) is 5.03. The van der Waals surface area contributed by atoms with Gasteiger partial charge in [0.05, 0.1) is 0 Å². The molecular formula is C13H21N3. The molecule has 0 aromatic carbocycles. The number of nitrogens with zero attached hydrogens (tertiary/aromatic N) is 2. The molecule has 1 fully saturated rings. The van der Waals surface area contributed by atoms with Gasteiger partial charge in [-0.25, -0.2) is 0 Å². The van der Waals surface area contributed by atoms with Gasteiger partial charge in [0.15, 0.2) is 0 Å². The molecule has 0 spiro atoms. The maximum atomic E-state index is 4.18. The normalized spacial score (nSPS) is 27.6. The van der Waals surface area contributed by atoms with Crippen LogP contribution in [0.25, 0.3) is 0 Å². The van der Waals surface area contributed by atoms with E-state index in [1.165, 1.54) is 12.0 Å². The van der Waals surface area contributed by atoms with Gasteiger partial charge in [-0.05, 0) is 38.4 Å². The molecule has 88 valence electrons. The maximum absolute atomic E-state index is 4.18. The molecule has 0 radical (unpaired) electrons. The summed E-state index contributed by atoms with van der Waals surface area (Å²) >= 11 is 0. The van der Waals surface area contributed by atoms with Gasteiger partial charge in [-0.2, -0.15) is 0 Å². The number of rotatable bonds is 2. The van der Waals surface area contributed by atoms with Gasteiger partial charge in [-0.15, -0.1) is 0 Å². The van der Waals surface area contributed by atoms with Crippen LogP contribution in [0.1, 0.15) is 25.8 Å². The average Bonchev–Trinajstić information content (AvgIpc) is 2.43. The fourth-order valence-electron chi connectivity index (χ4n) is 2.26. The van der Waals surface area contributed by atoms with E-state index >= 15 is 0 Å². The van der Waals surface area contributed by atoms with Crippen LogP contribution in [0.15, 0.2) is 24.5 Å². The van der Waals surface area contributed by atoms with Crippen molar-refractivity contribution < 1.29 is 0 Å². The molecule has 2 rings (SSSR count). The summed E-state index contributed by atoms with van der Waals surface area (Å²) in [5.74, 6) is 0. The summed E-state index contributed by atoms with van der Waals surface area (Å²) < 4.78 is 0. The van der Waals surface area contributed by atoms with E-state index in [0.717, 1.165) is 19.6 Å². The predicted molar refractivity (Wildman–Crippen MR) is 66.2 cm³/mol. The third kappa shape index (κ3) is 3.03. The van der Waals surface area contributed by atoms with Crippen LogP contribution in [0, 0.1) is 0 Å². The molecule has 0 saturated carbocycles. The molecule has 1 N–H and O–H groups in total. The molecule has 0 amide bonds. The molecular weight excluding hydrogens is 198 g/mol. The Balaban J connectivity index is 2.01. The van der Waals surface area contributed by atoms with Crippen molar-refractivity contribution in [2.75, 3.05) is 13.1 Å². The van der Waals surface area contributed by atoms with Gasteiger partial charge >= 0.3 is 0 Å². The highest BCUT2D eigenvalue weighted by molar-refractivity contribution is 5.08. The Morgan fingerprint density at radius 1 is 1.50 bits per heavy atom. The summed E-state index contributed by atoms with van der Waals surface area (Å²) in [6, 6.07) is 5.40. The van der Waals surface area contributed by atoms with E-state index in [2.05, 4.69) is 35.1 Å². The van der Waals surface area contributed by atoms with E-state index in [0.29, 0.717) is 12.1 Å². The predicted octanol–water partition coefficient (Wildman–Crippen LogP) is 1.65. The Morgan fingerprint density at radius 2 is 2.38 bits per heavy atom. The lowest BCUT2D eigenvalue weighted by molar-refractivity contribution is 0.198. The zero-order valence-corrected chi connectivity index (χ0v) is 10.2. The summed E-state index contributed by atoms with van der Waals surface area (Å²) in [5.41, 5.74) is 1.31. The summed E-state index contributed by atoms with van der Waals surface area (Å²) in [7, 11) is 0. The monoisotopic (exact) mass is 219 g/mol. The largest absolute Gasteiger partial charge is 0.313 e. The smallest absolute Gasteiger partial charge is 0.0312 e. The molecule has 3 nitrogen and oxygen atoms in total. The van der Waals surface area contributed by atoms with E-state index < -0.39 is 0 Å². The quantitative estimate of drug-likeness (QED) is 0.820. The van der Waals surface area contributed by atoms with Crippen LogP contribution < -0.4 is 5.32 Å². The van der Waals surface area contributed by atoms with Crippen molar-refractivity contribution in [1.29, 1.82) is 0 Å². The van der Waals surface area contributed by atoms with Crippen molar-refractivity contribution in [2.24, 2.45) is 0 Å². The minimum absolute atomic E-state index is 0.585. The average molecular weight is 219 g/mol. The lowest BCUT2D eigenvalue weighted by atomic mass is 10.1. The van der Waals surface area contributed by atoms with E-state index in [1.807, 2.05) is 18.5 Å². The highest BCUT2D eigenvalue weighted by Gasteiger charge is 2.20. The van der Waals surface area contributed by atoms with Gasteiger partial charge in [-0.3, -0.25) is 9.88 Å². The SMILES string of the molecule is CC1CN(Cc2cccnc2)C(C)CCN1. The molecule has 2 heterocycles. The van der Waals surface area contributed by atoms with Crippen LogP contribution in [0.5, 0.6) is 0 Å². The minimum atomic E-state index is 0.585. The van der Waals surface area contributed by atoms with Gasteiger partial charge in [0, 0.05) is 37.6 Å². The standard InChI is InChI=1S/C13H21N3/c1-11-9-16(12(2)5-7-15-11)10-13-4-3-6-14-8-13/h3-4,6,8,11-12,15H,5,7,9-10H2,1-2H3. The van der Waals surface area contributed by atoms with Crippen molar-refractivity contribution in [1.82, 2.24) is 15.2 Å². The fraction of sp³-hybridized carbons (Fsp3) is 0.615. The number of aromatic nitrogens is 1. The molecule has 1 aromatic rings. The third-order valence-electron chi connectivity index (χ3n) is 3.30. The molecule has 2 unspecified atom stereocenters. The van der Waals surface area contributed by atoms with Crippen LogP contribution in [-0.2, 0) is 6.54 Å². The molecule has 0 bridgehead atoms.